The molecule has 0 radical (unpaired) electrons. The van der Waals surface area contributed by atoms with Crippen LogP contribution in [-0.4, -0.2) is 34.8 Å². The smallest absolute Gasteiger partial charge is 0.293 e. The Morgan fingerprint density at radius 2 is 1.96 bits per heavy atom. The van der Waals surface area contributed by atoms with Crippen LogP contribution in [0.25, 0.3) is 6.08 Å². The zero-order valence-electron chi connectivity index (χ0n) is 14.6. The number of carbonyl (C=O) groups is 2. The molecule has 1 fully saturated rings. The fourth-order valence-electron chi connectivity index (χ4n) is 2.76. The summed E-state index contributed by atoms with van der Waals surface area (Å²) < 4.78 is 5.06. The molecular formula is C20H18ClNO4S. The Labute approximate surface area is 166 Å². The fourth-order valence-corrected chi connectivity index (χ4v) is 3.85. The highest BCUT2D eigenvalue weighted by molar-refractivity contribution is 8.18. The molecule has 2 aromatic rings. The van der Waals surface area contributed by atoms with Crippen molar-refractivity contribution >= 4 is 40.6 Å². The molecule has 1 aliphatic heterocycles. The molecule has 0 unspecified atom stereocenters. The van der Waals surface area contributed by atoms with Crippen molar-refractivity contribution in [3.8, 4) is 11.5 Å². The lowest BCUT2D eigenvalue weighted by atomic mass is 10.1. The number of phenolic OH excluding ortho intramolecular Hbond substituents is 1. The molecule has 0 aromatic heterocycles. The molecule has 3 rings (SSSR count). The van der Waals surface area contributed by atoms with Crippen LogP contribution in [0.4, 0.5) is 4.79 Å². The standard InChI is InChI=1S/C20H18ClNO4S/c1-26-16-11-14(10-15(21)18(16)23)12-17-19(24)22(20(25)27-17)9-5-8-13-6-3-2-4-7-13/h2-4,6-7,10-12,23H,5,8-9H2,1H3/b17-12+. The average molecular weight is 404 g/mol. The van der Waals surface area contributed by atoms with Gasteiger partial charge in [0.05, 0.1) is 17.0 Å². The molecule has 7 heteroatoms. The Kier molecular flexibility index (Phi) is 6.08. The molecule has 1 N–H and O–H groups in total. The van der Waals surface area contributed by atoms with Crippen molar-refractivity contribution < 1.29 is 19.4 Å². The number of ether oxygens (including phenoxy) is 1. The second kappa shape index (κ2) is 8.50. The van der Waals surface area contributed by atoms with Crippen LogP contribution >= 0.6 is 23.4 Å². The number of halogens is 1. The maximum absolute atomic E-state index is 12.6. The molecule has 140 valence electrons. The first-order chi connectivity index (χ1) is 13.0. The van der Waals surface area contributed by atoms with Gasteiger partial charge in [-0.1, -0.05) is 41.9 Å². The third-order valence-electron chi connectivity index (χ3n) is 4.13. The summed E-state index contributed by atoms with van der Waals surface area (Å²) in [6.45, 7) is 0.372. The summed E-state index contributed by atoms with van der Waals surface area (Å²) in [6, 6.07) is 13.0. The van der Waals surface area contributed by atoms with Crippen LogP contribution in [0.15, 0.2) is 47.4 Å². The predicted octanol–water partition coefficient (Wildman–Crippen LogP) is 4.72. The summed E-state index contributed by atoms with van der Waals surface area (Å²) in [4.78, 5) is 26.4. The number of imide groups is 1. The summed E-state index contributed by atoms with van der Waals surface area (Å²) >= 11 is 6.87. The van der Waals surface area contributed by atoms with Crippen LogP contribution in [0.2, 0.25) is 5.02 Å². The van der Waals surface area contributed by atoms with Crippen molar-refractivity contribution in [2.75, 3.05) is 13.7 Å². The SMILES string of the molecule is COc1cc(/C=C2/SC(=O)N(CCCc3ccccc3)C2=O)cc(Cl)c1O. The maximum Gasteiger partial charge on any atom is 0.293 e. The largest absolute Gasteiger partial charge is 0.503 e. The lowest BCUT2D eigenvalue weighted by Gasteiger charge is -2.12. The number of benzene rings is 2. The van der Waals surface area contributed by atoms with E-state index in [0.29, 0.717) is 23.4 Å². The van der Waals surface area contributed by atoms with Crippen molar-refractivity contribution in [3.05, 3.63) is 63.5 Å². The van der Waals surface area contributed by atoms with Gasteiger partial charge in [0.15, 0.2) is 11.5 Å². The number of nitrogens with zero attached hydrogens (tertiary/aromatic N) is 1. The molecule has 27 heavy (non-hydrogen) atoms. The van der Waals surface area contributed by atoms with E-state index < -0.39 is 0 Å². The third kappa shape index (κ3) is 4.46. The monoisotopic (exact) mass is 403 g/mol. The first kappa shape index (κ1) is 19.3. The Morgan fingerprint density at radius 3 is 2.67 bits per heavy atom. The van der Waals surface area contributed by atoms with Crippen molar-refractivity contribution in [1.29, 1.82) is 0 Å². The number of rotatable bonds is 6. The van der Waals surface area contributed by atoms with E-state index in [1.807, 2.05) is 30.3 Å². The van der Waals surface area contributed by atoms with Gasteiger partial charge < -0.3 is 9.84 Å². The maximum atomic E-state index is 12.6. The molecule has 1 heterocycles. The van der Waals surface area contributed by atoms with Gasteiger partial charge in [-0.25, -0.2) is 0 Å². The highest BCUT2D eigenvalue weighted by atomic mass is 35.5. The highest BCUT2D eigenvalue weighted by Gasteiger charge is 2.34. The number of phenols is 1. The Morgan fingerprint density at radius 1 is 1.22 bits per heavy atom. The van der Waals surface area contributed by atoms with Gasteiger partial charge in [0.2, 0.25) is 0 Å². The summed E-state index contributed by atoms with van der Waals surface area (Å²) in [5, 5.41) is 9.63. The van der Waals surface area contributed by atoms with Gasteiger partial charge in [0.1, 0.15) is 0 Å². The highest BCUT2D eigenvalue weighted by Crippen LogP contribution is 2.38. The van der Waals surface area contributed by atoms with E-state index >= 15 is 0 Å². The van der Waals surface area contributed by atoms with E-state index in [1.165, 1.54) is 23.6 Å². The topological polar surface area (TPSA) is 66.8 Å². The molecule has 5 nitrogen and oxygen atoms in total. The van der Waals surface area contributed by atoms with Gasteiger partial charge >= 0.3 is 0 Å². The van der Waals surface area contributed by atoms with E-state index in [9.17, 15) is 14.7 Å². The second-order valence-corrected chi connectivity index (χ2v) is 7.38. The van der Waals surface area contributed by atoms with Gasteiger partial charge in [-0.2, -0.15) is 0 Å². The van der Waals surface area contributed by atoms with Crippen LogP contribution in [0, 0.1) is 0 Å². The number of carbonyl (C=O) groups excluding carboxylic acids is 2. The average Bonchev–Trinajstić information content (AvgIpc) is 2.92. The van der Waals surface area contributed by atoms with Gasteiger partial charge in [-0.05, 0) is 53.9 Å². The Balaban J connectivity index is 1.70. The zero-order valence-corrected chi connectivity index (χ0v) is 16.2. The number of hydrogen-bond donors (Lipinski definition) is 1. The molecule has 0 aliphatic carbocycles. The van der Waals surface area contributed by atoms with E-state index in [0.717, 1.165) is 18.2 Å². The summed E-state index contributed by atoms with van der Waals surface area (Å²) in [6.07, 6.45) is 3.08. The predicted molar refractivity (Wildman–Crippen MR) is 107 cm³/mol. The Bertz CT molecular complexity index is 898. The van der Waals surface area contributed by atoms with E-state index in [1.54, 1.807) is 12.1 Å². The summed E-state index contributed by atoms with van der Waals surface area (Å²) in [5.74, 6) is -0.276. The number of hydrogen-bond acceptors (Lipinski definition) is 5. The van der Waals surface area contributed by atoms with Crippen LogP contribution in [0.3, 0.4) is 0 Å². The van der Waals surface area contributed by atoms with Crippen LogP contribution < -0.4 is 4.74 Å². The normalized spacial score (nSPS) is 15.6. The lowest BCUT2D eigenvalue weighted by Crippen LogP contribution is -2.29. The van der Waals surface area contributed by atoms with Crippen molar-refractivity contribution in [1.82, 2.24) is 4.90 Å². The van der Waals surface area contributed by atoms with E-state index in [2.05, 4.69) is 0 Å². The molecule has 2 aromatic carbocycles. The number of aromatic hydroxyl groups is 1. The van der Waals surface area contributed by atoms with Gasteiger partial charge in [0.25, 0.3) is 11.1 Å². The molecule has 2 amide bonds. The fraction of sp³-hybridized carbons (Fsp3) is 0.200. The molecule has 1 aliphatic rings. The van der Waals surface area contributed by atoms with Crippen molar-refractivity contribution in [3.63, 3.8) is 0 Å². The summed E-state index contributed by atoms with van der Waals surface area (Å²) in [7, 11) is 1.41. The van der Waals surface area contributed by atoms with Crippen LogP contribution in [-0.2, 0) is 11.2 Å². The molecule has 0 saturated carbocycles. The third-order valence-corrected chi connectivity index (χ3v) is 5.33. The lowest BCUT2D eigenvalue weighted by molar-refractivity contribution is -0.122. The molecule has 1 saturated heterocycles. The molecular weight excluding hydrogens is 386 g/mol. The van der Waals surface area contributed by atoms with E-state index in [4.69, 9.17) is 16.3 Å². The molecule has 0 atom stereocenters. The minimum absolute atomic E-state index is 0.114. The first-order valence-corrected chi connectivity index (χ1v) is 9.55. The number of methoxy groups -OCH3 is 1. The zero-order chi connectivity index (χ0) is 19.4. The Hall–Kier alpha value is -2.44. The second-order valence-electron chi connectivity index (χ2n) is 5.98. The minimum Gasteiger partial charge on any atom is -0.503 e. The molecule has 0 bridgehead atoms. The van der Waals surface area contributed by atoms with Gasteiger partial charge in [0, 0.05) is 6.54 Å². The minimum atomic E-state index is -0.318. The number of amides is 2. The van der Waals surface area contributed by atoms with Crippen LogP contribution in [0.5, 0.6) is 11.5 Å². The molecule has 0 spiro atoms. The summed E-state index contributed by atoms with van der Waals surface area (Å²) in [5.41, 5.74) is 1.75. The quantitative estimate of drug-likeness (QED) is 0.706. The van der Waals surface area contributed by atoms with Crippen LogP contribution in [0.1, 0.15) is 17.5 Å². The number of aryl methyl sites for hydroxylation is 1. The van der Waals surface area contributed by atoms with Crippen molar-refractivity contribution in [2.45, 2.75) is 12.8 Å². The van der Waals surface area contributed by atoms with Crippen molar-refractivity contribution in [2.24, 2.45) is 0 Å². The van der Waals surface area contributed by atoms with E-state index in [-0.39, 0.29) is 27.7 Å². The number of thioether (sulfide) groups is 1. The first-order valence-electron chi connectivity index (χ1n) is 8.35. The van der Waals surface area contributed by atoms with Gasteiger partial charge in [-0.15, -0.1) is 0 Å². The van der Waals surface area contributed by atoms with Gasteiger partial charge in [-0.3, -0.25) is 14.5 Å².